The fraction of sp³-hybridized carbons (Fsp3) is 0.500. The molecule has 2 bridgehead atoms. The van der Waals surface area contributed by atoms with Crippen LogP contribution in [0.1, 0.15) is 19.4 Å². The molecule has 3 aliphatic heterocycles. The van der Waals surface area contributed by atoms with Crippen molar-refractivity contribution in [2.24, 2.45) is 17.8 Å². The molecular formula is C20H23NO4. The van der Waals surface area contributed by atoms with Crippen LogP contribution in [0.25, 0.3) is 0 Å². The van der Waals surface area contributed by atoms with Crippen LogP contribution >= 0.6 is 0 Å². The van der Waals surface area contributed by atoms with Gasteiger partial charge in [0.2, 0.25) is 5.91 Å². The number of amides is 1. The van der Waals surface area contributed by atoms with Crippen molar-refractivity contribution in [2.45, 2.75) is 32.1 Å². The summed E-state index contributed by atoms with van der Waals surface area (Å²) < 4.78 is 11.5. The number of carbonyl (C=O) groups excluding carboxylic acids is 2. The van der Waals surface area contributed by atoms with Crippen LogP contribution in [0.5, 0.6) is 0 Å². The molecule has 25 heavy (non-hydrogen) atoms. The maximum atomic E-state index is 13.0. The van der Waals surface area contributed by atoms with Gasteiger partial charge in [0.05, 0.1) is 25.2 Å². The van der Waals surface area contributed by atoms with E-state index in [-0.39, 0.29) is 23.9 Å². The maximum Gasteiger partial charge on any atom is 0.312 e. The minimum atomic E-state index is -0.669. The fourth-order valence-corrected chi connectivity index (χ4v) is 4.13. The van der Waals surface area contributed by atoms with E-state index in [9.17, 15) is 9.59 Å². The quantitative estimate of drug-likeness (QED) is 0.608. The van der Waals surface area contributed by atoms with Crippen molar-refractivity contribution in [3.63, 3.8) is 0 Å². The monoisotopic (exact) mass is 341 g/mol. The predicted octanol–water partition coefficient (Wildman–Crippen LogP) is 2.17. The van der Waals surface area contributed by atoms with Crippen LogP contribution in [0.4, 0.5) is 0 Å². The molecule has 4 atom stereocenters. The summed E-state index contributed by atoms with van der Waals surface area (Å²) in [6, 6.07) is 9.88. The zero-order valence-electron chi connectivity index (χ0n) is 14.6. The van der Waals surface area contributed by atoms with Gasteiger partial charge in [-0.2, -0.15) is 0 Å². The highest BCUT2D eigenvalue weighted by atomic mass is 16.6. The first-order valence-corrected chi connectivity index (χ1v) is 8.87. The molecular weight excluding hydrogens is 318 g/mol. The van der Waals surface area contributed by atoms with E-state index in [4.69, 9.17) is 9.47 Å². The number of hydrogen-bond acceptors (Lipinski definition) is 4. The molecule has 2 saturated heterocycles. The largest absolute Gasteiger partial charge is 0.465 e. The molecule has 0 N–H and O–H groups in total. The van der Waals surface area contributed by atoms with E-state index < -0.39 is 17.4 Å². The molecule has 4 rings (SSSR count). The molecule has 132 valence electrons. The van der Waals surface area contributed by atoms with Gasteiger partial charge in [0.15, 0.2) is 0 Å². The predicted molar refractivity (Wildman–Crippen MR) is 91.4 cm³/mol. The number of esters is 1. The smallest absolute Gasteiger partial charge is 0.312 e. The second-order valence-electron chi connectivity index (χ2n) is 7.60. The van der Waals surface area contributed by atoms with E-state index in [0.717, 1.165) is 5.56 Å². The van der Waals surface area contributed by atoms with Crippen LogP contribution in [0.2, 0.25) is 0 Å². The average molecular weight is 341 g/mol. The molecule has 0 saturated carbocycles. The van der Waals surface area contributed by atoms with Crippen molar-refractivity contribution >= 4 is 11.9 Å². The zero-order valence-corrected chi connectivity index (χ0v) is 14.6. The summed E-state index contributed by atoms with van der Waals surface area (Å²) >= 11 is 0. The van der Waals surface area contributed by atoms with Crippen molar-refractivity contribution in [2.75, 3.05) is 13.2 Å². The molecule has 0 aliphatic carbocycles. The molecule has 1 aromatic carbocycles. The third-order valence-corrected chi connectivity index (χ3v) is 5.23. The highest BCUT2D eigenvalue weighted by Crippen LogP contribution is 2.52. The minimum absolute atomic E-state index is 0.0119. The van der Waals surface area contributed by atoms with Crippen LogP contribution in [0, 0.1) is 17.8 Å². The summed E-state index contributed by atoms with van der Waals surface area (Å²) in [6.45, 7) is 5.38. The van der Waals surface area contributed by atoms with Gasteiger partial charge in [-0.25, -0.2) is 0 Å². The second kappa shape index (κ2) is 5.99. The Morgan fingerprint density at radius 3 is 2.84 bits per heavy atom. The van der Waals surface area contributed by atoms with Crippen LogP contribution in [0.15, 0.2) is 42.5 Å². The van der Waals surface area contributed by atoms with Gasteiger partial charge in [-0.05, 0) is 11.5 Å². The lowest BCUT2D eigenvalue weighted by atomic mass is 9.77. The maximum absolute atomic E-state index is 13.0. The van der Waals surface area contributed by atoms with Crippen LogP contribution < -0.4 is 0 Å². The van der Waals surface area contributed by atoms with Gasteiger partial charge in [0, 0.05) is 6.54 Å². The first-order valence-electron chi connectivity index (χ1n) is 8.87. The number of carbonyl (C=O) groups is 2. The van der Waals surface area contributed by atoms with Gasteiger partial charge in [-0.3, -0.25) is 9.59 Å². The molecule has 5 heteroatoms. The molecule has 3 aliphatic rings. The molecule has 1 amide bonds. The van der Waals surface area contributed by atoms with E-state index in [1.54, 1.807) is 4.90 Å². The van der Waals surface area contributed by atoms with Crippen molar-refractivity contribution in [3.8, 4) is 0 Å². The summed E-state index contributed by atoms with van der Waals surface area (Å²) in [6.07, 6.45) is 3.54. The molecule has 1 aromatic rings. The molecule has 2 fully saturated rings. The van der Waals surface area contributed by atoms with Crippen LogP contribution in [0.3, 0.4) is 0 Å². The number of hydrogen-bond donors (Lipinski definition) is 0. The minimum Gasteiger partial charge on any atom is -0.465 e. The van der Waals surface area contributed by atoms with E-state index in [1.165, 1.54) is 0 Å². The van der Waals surface area contributed by atoms with E-state index in [0.29, 0.717) is 19.7 Å². The Hall–Kier alpha value is -2.14. The lowest BCUT2D eigenvalue weighted by Crippen LogP contribution is -2.40. The third kappa shape index (κ3) is 2.67. The highest BCUT2D eigenvalue weighted by molar-refractivity contribution is 5.91. The zero-order chi connectivity index (χ0) is 17.6. The van der Waals surface area contributed by atoms with Gasteiger partial charge in [-0.15, -0.1) is 0 Å². The van der Waals surface area contributed by atoms with Crippen LogP contribution in [-0.2, 0) is 25.6 Å². The Morgan fingerprint density at radius 2 is 2.12 bits per heavy atom. The summed E-state index contributed by atoms with van der Waals surface area (Å²) in [5, 5.41) is 0. The van der Waals surface area contributed by atoms with E-state index >= 15 is 0 Å². The number of rotatable bonds is 5. The number of likely N-dealkylation sites (tertiary alicyclic amines) is 1. The summed E-state index contributed by atoms with van der Waals surface area (Å²) in [7, 11) is 0. The van der Waals surface area contributed by atoms with Gasteiger partial charge >= 0.3 is 5.97 Å². The van der Waals surface area contributed by atoms with Crippen molar-refractivity contribution in [1.29, 1.82) is 0 Å². The molecule has 3 heterocycles. The molecule has 0 unspecified atom stereocenters. The second-order valence-corrected chi connectivity index (χ2v) is 7.60. The summed E-state index contributed by atoms with van der Waals surface area (Å²) in [5.74, 6) is -1.06. The van der Waals surface area contributed by atoms with Crippen molar-refractivity contribution < 1.29 is 19.1 Å². The normalized spacial score (nSPS) is 32.5. The Bertz CT molecular complexity index is 714. The lowest BCUT2D eigenvalue weighted by Gasteiger charge is -2.23. The van der Waals surface area contributed by atoms with E-state index in [2.05, 4.69) is 0 Å². The Kier molecular flexibility index (Phi) is 3.91. The lowest BCUT2D eigenvalue weighted by molar-refractivity contribution is -0.154. The highest BCUT2D eigenvalue weighted by Gasteiger charge is 2.67. The van der Waals surface area contributed by atoms with Crippen molar-refractivity contribution in [3.05, 3.63) is 48.0 Å². The number of ether oxygens (including phenoxy) is 2. The standard InChI is InChI=1S/C20H23NO4/c1-13(2)11-24-19(23)16-15-8-9-20(25-15)12-21(18(22)17(16)20)10-14-6-4-3-5-7-14/h3-9,13,15-17H,10-12H2,1-2H3/t15-,16+,17+,20-/m1/s1. The first-order chi connectivity index (χ1) is 12.0. The Morgan fingerprint density at radius 1 is 1.36 bits per heavy atom. The van der Waals surface area contributed by atoms with Crippen molar-refractivity contribution in [1.82, 2.24) is 4.90 Å². The molecule has 0 aromatic heterocycles. The van der Waals surface area contributed by atoms with Gasteiger partial charge in [-0.1, -0.05) is 56.3 Å². The first kappa shape index (κ1) is 16.3. The third-order valence-electron chi connectivity index (χ3n) is 5.23. The fourth-order valence-electron chi connectivity index (χ4n) is 4.13. The summed E-state index contributed by atoms with van der Waals surface area (Å²) in [5.41, 5.74) is 0.405. The molecule has 1 spiro atoms. The SMILES string of the molecule is CC(C)COC(=O)[C@@H]1[C@H]2C(=O)N(Cc3ccccc3)C[C@]23C=C[C@H]1O3. The number of fused-ring (bicyclic) bond motifs is 1. The Balaban J connectivity index is 1.54. The van der Waals surface area contributed by atoms with E-state index in [1.807, 2.05) is 56.3 Å². The molecule has 5 nitrogen and oxygen atoms in total. The van der Waals surface area contributed by atoms with Gasteiger partial charge < -0.3 is 14.4 Å². The summed E-state index contributed by atoms with van der Waals surface area (Å²) in [4.78, 5) is 27.4. The molecule has 0 radical (unpaired) electrons. The topological polar surface area (TPSA) is 55.8 Å². The van der Waals surface area contributed by atoms with Gasteiger partial charge in [0.25, 0.3) is 0 Å². The number of nitrogens with zero attached hydrogens (tertiary/aromatic N) is 1. The van der Waals surface area contributed by atoms with Crippen LogP contribution in [-0.4, -0.2) is 41.6 Å². The average Bonchev–Trinajstić information content (AvgIpc) is 3.22. The van der Waals surface area contributed by atoms with Gasteiger partial charge in [0.1, 0.15) is 11.5 Å². The Labute approximate surface area is 147 Å². The number of benzene rings is 1.